The Morgan fingerprint density at radius 3 is 2.62 bits per heavy atom. The van der Waals surface area contributed by atoms with Gasteiger partial charge in [0.25, 0.3) is 0 Å². The van der Waals surface area contributed by atoms with Crippen molar-refractivity contribution >= 4 is 44.3 Å². The third-order valence-electron chi connectivity index (χ3n) is 4.33. The maximum atomic E-state index is 5.79. The number of aromatic nitrogens is 5. The average molecular weight is 418 g/mol. The molecule has 1 fully saturated rings. The Morgan fingerprint density at radius 1 is 1.15 bits per heavy atom. The minimum atomic E-state index is 0.204. The number of nitrogens with zero attached hydrogens (tertiary/aromatic N) is 6. The zero-order valence-electron chi connectivity index (χ0n) is 14.8. The van der Waals surface area contributed by atoms with Crippen molar-refractivity contribution in [2.75, 3.05) is 23.3 Å². The first-order chi connectivity index (χ1) is 12.5. The fourth-order valence-electron chi connectivity index (χ4n) is 3.28. The van der Waals surface area contributed by atoms with Crippen LogP contribution in [0.25, 0.3) is 11.0 Å². The lowest BCUT2D eigenvalue weighted by Gasteiger charge is -2.36. The van der Waals surface area contributed by atoms with E-state index >= 15 is 0 Å². The first-order valence-corrected chi connectivity index (χ1v) is 9.27. The third-order valence-corrected chi connectivity index (χ3v) is 4.89. The van der Waals surface area contributed by atoms with Crippen LogP contribution in [0.1, 0.15) is 13.8 Å². The largest absolute Gasteiger partial charge is 0.372 e. The predicted octanol–water partition coefficient (Wildman–Crippen LogP) is 2.88. The van der Waals surface area contributed by atoms with Crippen molar-refractivity contribution in [3.63, 3.8) is 0 Å². The van der Waals surface area contributed by atoms with Crippen LogP contribution < -0.4 is 10.2 Å². The average Bonchev–Trinajstić information content (AvgIpc) is 2.90. The molecular formula is C17H20BrN7O. The summed E-state index contributed by atoms with van der Waals surface area (Å²) >= 11 is 3.47. The molecule has 0 bridgehead atoms. The van der Waals surface area contributed by atoms with Gasteiger partial charge < -0.3 is 15.0 Å². The fourth-order valence-corrected chi connectivity index (χ4v) is 3.89. The van der Waals surface area contributed by atoms with E-state index in [0.29, 0.717) is 10.4 Å². The highest BCUT2D eigenvalue weighted by molar-refractivity contribution is 9.10. The highest BCUT2D eigenvalue weighted by Gasteiger charge is 2.23. The van der Waals surface area contributed by atoms with Crippen LogP contribution in [0.3, 0.4) is 0 Å². The van der Waals surface area contributed by atoms with Gasteiger partial charge in [0.1, 0.15) is 22.6 Å². The van der Waals surface area contributed by atoms with Crippen LogP contribution in [0.4, 0.5) is 17.3 Å². The number of pyridine rings is 1. The summed E-state index contributed by atoms with van der Waals surface area (Å²) in [7, 11) is 1.85. The number of hydrogen-bond acceptors (Lipinski definition) is 7. The summed E-state index contributed by atoms with van der Waals surface area (Å²) in [6, 6.07) is 4.02. The number of aryl methyl sites for hydroxylation is 1. The topological polar surface area (TPSA) is 81.0 Å². The zero-order valence-corrected chi connectivity index (χ0v) is 16.4. The van der Waals surface area contributed by atoms with Crippen molar-refractivity contribution in [1.29, 1.82) is 0 Å². The third kappa shape index (κ3) is 3.24. The highest BCUT2D eigenvalue weighted by Crippen LogP contribution is 2.29. The van der Waals surface area contributed by atoms with Crippen LogP contribution in [0.15, 0.2) is 29.3 Å². The molecule has 1 saturated heterocycles. The standard InChI is InChI=1S/C17H20BrN7O/c1-10-7-25(8-11(2)26-10)13-5-4-12(6-19-13)22-16-14-15(18)23-24(3)17(14)21-9-20-16/h4-6,9-11H,7-8H2,1-3H3,(H,20,21,22). The molecule has 4 heterocycles. The number of anilines is 3. The van der Waals surface area contributed by atoms with Crippen LogP contribution in [0.5, 0.6) is 0 Å². The Kier molecular flexibility index (Phi) is 4.49. The molecule has 0 saturated carbocycles. The molecule has 26 heavy (non-hydrogen) atoms. The van der Waals surface area contributed by atoms with Gasteiger partial charge in [-0.1, -0.05) is 0 Å². The van der Waals surface area contributed by atoms with Crippen LogP contribution >= 0.6 is 15.9 Å². The van der Waals surface area contributed by atoms with Crippen molar-refractivity contribution < 1.29 is 4.74 Å². The van der Waals surface area contributed by atoms with E-state index in [2.05, 4.69) is 60.0 Å². The molecule has 0 aliphatic carbocycles. The Morgan fingerprint density at radius 2 is 1.92 bits per heavy atom. The predicted molar refractivity (Wildman–Crippen MR) is 104 cm³/mol. The van der Waals surface area contributed by atoms with E-state index in [0.717, 1.165) is 35.6 Å². The molecule has 1 aliphatic rings. The Balaban J connectivity index is 1.57. The quantitative estimate of drug-likeness (QED) is 0.701. The minimum Gasteiger partial charge on any atom is -0.372 e. The first kappa shape index (κ1) is 17.2. The monoisotopic (exact) mass is 417 g/mol. The number of halogens is 1. The molecule has 136 valence electrons. The normalized spacial score (nSPS) is 20.5. The molecule has 1 aliphatic heterocycles. The fraction of sp³-hybridized carbons (Fsp3) is 0.412. The van der Waals surface area contributed by atoms with Crippen molar-refractivity contribution in [2.45, 2.75) is 26.1 Å². The molecule has 2 unspecified atom stereocenters. The Hall–Kier alpha value is -2.26. The van der Waals surface area contributed by atoms with E-state index in [-0.39, 0.29) is 12.2 Å². The van der Waals surface area contributed by atoms with Crippen molar-refractivity contribution in [3.8, 4) is 0 Å². The number of hydrogen-bond donors (Lipinski definition) is 1. The molecule has 0 spiro atoms. The van der Waals surface area contributed by atoms with Gasteiger partial charge >= 0.3 is 0 Å². The second kappa shape index (κ2) is 6.81. The molecule has 1 N–H and O–H groups in total. The summed E-state index contributed by atoms with van der Waals surface area (Å²) in [6.45, 7) is 5.87. The minimum absolute atomic E-state index is 0.204. The molecular weight excluding hydrogens is 398 g/mol. The smallest absolute Gasteiger partial charge is 0.164 e. The summed E-state index contributed by atoms with van der Waals surface area (Å²) in [4.78, 5) is 15.5. The van der Waals surface area contributed by atoms with E-state index < -0.39 is 0 Å². The molecule has 4 rings (SSSR count). The number of nitrogens with one attached hydrogen (secondary N) is 1. The number of morpholine rings is 1. The van der Waals surface area contributed by atoms with Gasteiger partial charge in [-0.15, -0.1) is 0 Å². The summed E-state index contributed by atoms with van der Waals surface area (Å²) in [5, 5.41) is 8.49. The molecule has 3 aromatic heterocycles. The number of rotatable bonds is 3. The Bertz CT molecular complexity index is 917. The van der Waals surface area contributed by atoms with Crippen molar-refractivity contribution in [2.24, 2.45) is 7.05 Å². The van der Waals surface area contributed by atoms with Gasteiger partial charge in [0.15, 0.2) is 5.65 Å². The molecule has 0 amide bonds. The second-order valence-corrected chi connectivity index (χ2v) is 7.28. The van der Waals surface area contributed by atoms with E-state index in [1.807, 2.05) is 25.4 Å². The van der Waals surface area contributed by atoms with E-state index in [1.165, 1.54) is 6.33 Å². The van der Waals surface area contributed by atoms with Gasteiger partial charge in [0.05, 0.1) is 29.5 Å². The molecule has 3 aromatic rings. The number of ether oxygens (including phenoxy) is 1. The van der Waals surface area contributed by atoms with Gasteiger partial charge in [-0.05, 0) is 41.9 Å². The van der Waals surface area contributed by atoms with Gasteiger partial charge in [0, 0.05) is 20.1 Å². The van der Waals surface area contributed by atoms with Crippen LogP contribution in [-0.4, -0.2) is 50.0 Å². The van der Waals surface area contributed by atoms with Crippen LogP contribution in [0.2, 0.25) is 0 Å². The molecule has 9 heteroatoms. The van der Waals surface area contributed by atoms with Gasteiger partial charge in [0.2, 0.25) is 0 Å². The SMILES string of the molecule is CC1CN(c2ccc(Nc3ncnc4c3c(Br)nn4C)cn2)CC(C)O1. The summed E-state index contributed by atoms with van der Waals surface area (Å²) in [6.07, 6.45) is 3.75. The first-order valence-electron chi connectivity index (χ1n) is 8.48. The lowest BCUT2D eigenvalue weighted by molar-refractivity contribution is -0.00545. The summed E-state index contributed by atoms with van der Waals surface area (Å²) in [5.74, 6) is 1.64. The van der Waals surface area contributed by atoms with Gasteiger partial charge in [-0.2, -0.15) is 5.10 Å². The summed E-state index contributed by atoms with van der Waals surface area (Å²) in [5.41, 5.74) is 1.62. The van der Waals surface area contributed by atoms with Crippen LogP contribution in [-0.2, 0) is 11.8 Å². The van der Waals surface area contributed by atoms with E-state index in [9.17, 15) is 0 Å². The molecule has 0 aromatic carbocycles. The summed E-state index contributed by atoms with van der Waals surface area (Å²) < 4.78 is 8.21. The Labute approximate surface area is 159 Å². The van der Waals surface area contributed by atoms with E-state index in [4.69, 9.17) is 4.74 Å². The maximum Gasteiger partial charge on any atom is 0.164 e. The lowest BCUT2D eigenvalue weighted by Crippen LogP contribution is -2.45. The van der Waals surface area contributed by atoms with Gasteiger partial charge in [-0.3, -0.25) is 0 Å². The second-order valence-electron chi connectivity index (χ2n) is 6.53. The number of fused-ring (bicyclic) bond motifs is 1. The molecule has 8 nitrogen and oxygen atoms in total. The van der Waals surface area contributed by atoms with Crippen LogP contribution in [0, 0.1) is 0 Å². The van der Waals surface area contributed by atoms with Gasteiger partial charge in [-0.25, -0.2) is 19.6 Å². The maximum absolute atomic E-state index is 5.79. The lowest BCUT2D eigenvalue weighted by atomic mass is 10.2. The van der Waals surface area contributed by atoms with Crippen molar-refractivity contribution in [1.82, 2.24) is 24.7 Å². The molecule has 0 radical (unpaired) electrons. The zero-order chi connectivity index (χ0) is 18.3. The van der Waals surface area contributed by atoms with Crippen molar-refractivity contribution in [3.05, 3.63) is 29.3 Å². The van der Waals surface area contributed by atoms with E-state index in [1.54, 1.807) is 4.68 Å². The highest BCUT2D eigenvalue weighted by atomic mass is 79.9. The molecule has 2 atom stereocenters.